The van der Waals surface area contributed by atoms with E-state index in [1.807, 2.05) is 83.1 Å². The highest BCUT2D eigenvalue weighted by Gasteiger charge is 2.35. The van der Waals surface area contributed by atoms with Crippen molar-refractivity contribution in [2.24, 2.45) is 0 Å². The van der Waals surface area contributed by atoms with Crippen molar-refractivity contribution < 1.29 is 92.4 Å². The van der Waals surface area contributed by atoms with Crippen LogP contribution < -0.4 is 32.9 Å². The van der Waals surface area contributed by atoms with Crippen molar-refractivity contribution >= 4 is 174 Å². The molecule has 1 amide bonds. The summed E-state index contributed by atoms with van der Waals surface area (Å²) in [5.41, 5.74) is 0.345. The van der Waals surface area contributed by atoms with Gasteiger partial charge in [0.05, 0.1) is 80.3 Å². The van der Waals surface area contributed by atoms with Crippen molar-refractivity contribution in [2.75, 3.05) is 95.1 Å². The summed E-state index contributed by atoms with van der Waals surface area (Å²) in [7, 11) is 10.6. The number of alkyl halides is 3. The minimum absolute atomic E-state index is 0. The molecule has 1 heterocycles. The maximum absolute atomic E-state index is 10.8. The van der Waals surface area contributed by atoms with Gasteiger partial charge in [-0.2, -0.15) is 18.5 Å². The van der Waals surface area contributed by atoms with Crippen molar-refractivity contribution in [1.29, 1.82) is 0 Å². The Morgan fingerprint density at radius 3 is 1.04 bits per heavy atom. The van der Waals surface area contributed by atoms with Gasteiger partial charge in [-0.25, -0.2) is 4.98 Å². The summed E-state index contributed by atoms with van der Waals surface area (Å²) < 4.78 is 82.6. The average Bonchev–Trinajstić information content (AvgIpc) is 0.806. The molecular weight excluding hydrogens is 1670 g/mol. The molecule has 0 saturated carbocycles. The number of non-ortho nitro benzene ring substituents is 3. The number of benzene rings is 5. The van der Waals surface area contributed by atoms with Crippen LogP contribution in [-0.2, 0) is 109 Å². The Hall–Kier alpha value is -3.93. The maximum atomic E-state index is 10.8. The Morgan fingerprint density at radius 1 is 0.495 bits per heavy atom. The van der Waals surface area contributed by atoms with E-state index in [-0.39, 0.29) is 54.1 Å². The van der Waals surface area contributed by atoms with Crippen LogP contribution in [0.1, 0.15) is 89.9 Å². The molecule has 105 heavy (non-hydrogen) atoms. The molecule has 0 atom stereocenters. The molecule has 0 unspecified atom stereocenters. The molecule has 0 aliphatic rings. The monoisotopic (exact) mass is 1760 g/mol. The fourth-order valence-electron chi connectivity index (χ4n) is 7.18. The van der Waals surface area contributed by atoms with Gasteiger partial charge in [-0.15, -0.1) is 0 Å². The molecule has 588 valence electrons. The number of carbonyl (C=O) groups excluding carboxylic acids is 1. The highest BCUT2D eigenvalue weighted by molar-refractivity contribution is 8.68. The summed E-state index contributed by atoms with van der Waals surface area (Å²) >= 11 is 45.5. The lowest BCUT2D eigenvalue weighted by atomic mass is 9.92. The number of nitro groups is 3. The van der Waals surface area contributed by atoms with Crippen LogP contribution in [0.2, 0.25) is 0 Å². The van der Waals surface area contributed by atoms with Gasteiger partial charge in [0.2, 0.25) is 21.3 Å². The largest absolute Gasteiger partial charge is 0.497 e. The third-order valence-corrected chi connectivity index (χ3v) is 27.9. The normalized spacial score (nSPS) is 11.3. The zero-order valence-electron chi connectivity index (χ0n) is 60.2. The number of halogens is 3. The zero-order valence-corrected chi connectivity index (χ0v) is 72.8. The number of aryl methyl sites for hydroxylation is 1. The summed E-state index contributed by atoms with van der Waals surface area (Å²) in [4.78, 5) is 49.5. The van der Waals surface area contributed by atoms with Gasteiger partial charge in [-0.3, -0.25) is 62.3 Å². The number of carbonyl (C=O) groups is 1. The molecular formula is C61H88Cl3N6O23P5S7. The van der Waals surface area contributed by atoms with Gasteiger partial charge in [-0.1, -0.05) is 84.3 Å². The van der Waals surface area contributed by atoms with Gasteiger partial charge in [0.25, 0.3) is 17.1 Å². The van der Waals surface area contributed by atoms with Crippen LogP contribution in [0.25, 0.3) is 0 Å². The molecule has 6 aromatic rings. The second kappa shape index (κ2) is 52.3. The van der Waals surface area contributed by atoms with Crippen LogP contribution in [0.3, 0.4) is 0 Å². The number of rotatable bonds is 35. The van der Waals surface area contributed by atoms with Crippen LogP contribution in [-0.4, -0.2) is 130 Å². The number of hydrogen-bond acceptors (Lipinski definition) is 31. The zero-order chi connectivity index (χ0) is 78.9. The van der Waals surface area contributed by atoms with E-state index in [9.17, 15) is 35.1 Å². The number of nitrogens with zero attached hydrogens (tertiary/aromatic N) is 5. The maximum Gasteiger partial charge on any atom is 0.381 e. The number of methoxy groups -OCH3 is 2. The molecule has 1 aromatic heterocycles. The second-order valence-electron chi connectivity index (χ2n) is 19.4. The number of amides is 1. The van der Waals surface area contributed by atoms with Crippen molar-refractivity contribution in [3.63, 3.8) is 0 Å². The first kappa shape index (κ1) is 101. The molecule has 0 saturated heterocycles. The van der Waals surface area contributed by atoms with E-state index in [0.717, 1.165) is 34.1 Å². The Morgan fingerprint density at radius 2 is 0.790 bits per heavy atom. The van der Waals surface area contributed by atoms with Gasteiger partial charge >= 0.3 is 26.9 Å². The van der Waals surface area contributed by atoms with E-state index in [1.54, 1.807) is 55.0 Å². The van der Waals surface area contributed by atoms with Crippen molar-refractivity contribution in [2.45, 2.75) is 77.9 Å². The number of nitrogens with one attached hydrogen (secondary N) is 1. The Bertz CT molecular complexity index is 3650. The van der Waals surface area contributed by atoms with Gasteiger partial charge in [-0.05, 0) is 132 Å². The predicted molar refractivity (Wildman–Crippen MR) is 437 cm³/mol. The van der Waals surface area contributed by atoms with Crippen molar-refractivity contribution in [3.8, 4) is 34.6 Å². The topological polar surface area (TPSA) is 332 Å². The summed E-state index contributed by atoms with van der Waals surface area (Å²) in [5.74, 6) is 3.87. The molecule has 29 nitrogen and oxygen atoms in total. The molecule has 5 aromatic carbocycles. The van der Waals surface area contributed by atoms with E-state index in [0.29, 0.717) is 62.8 Å². The first-order chi connectivity index (χ1) is 48.9. The Balaban J connectivity index is 0.00000124. The van der Waals surface area contributed by atoms with Crippen LogP contribution in [0.4, 0.5) is 17.1 Å². The number of nitro benzene ring substituents is 3. The van der Waals surface area contributed by atoms with E-state index in [4.69, 9.17) is 167 Å². The molecule has 44 heteroatoms. The fraction of sp³-hybridized carbons (Fsp3) is 0.426. The lowest BCUT2D eigenvalue weighted by molar-refractivity contribution is -0.385. The van der Waals surface area contributed by atoms with Gasteiger partial charge in [0.1, 0.15) is 34.6 Å². The van der Waals surface area contributed by atoms with E-state index in [2.05, 4.69) is 15.3 Å². The first-order valence-electron chi connectivity index (χ1n) is 30.6. The molecule has 6 rings (SSSR count). The van der Waals surface area contributed by atoms with Crippen molar-refractivity contribution in [3.05, 3.63) is 180 Å². The third kappa shape index (κ3) is 39.5. The van der Waals surface area contributed by atoms with E-state index in [1.165, 1.54) is 113 Å². The fourth-order valence-corrected chi connectivity index (χ4v) is 17.7. The quantitative estimate of drug-likeness (QED) is 0.0167. The first-order valence-corrected chi connectivity index (χ1v) is 46.2. The molecule has 0 spiro atoms. The van der Waals surface area contributed by atoms with Crippen LogP contribution in [0.5, 0.6) is 34.6 Å². The summed E-state index contributed by atoms with van der Waals surface area (Å²) in [6.45, 7) is 8.05. The summed E-state index contributed by atoms with van der Waals surface area (Å²) in [6, 6.07) is 33.5. The van der Waals surface area contributed by atoms with Gasteiger partial charge < -0.3 is 51.0 Å². The highest BCUT2D eigenvalue weighted by Crippen LogP contribution is 2.59. The lowest BCUT2D eigenvalue weighted by Crippen LogP contribution is -2.19. The molecule has 1 N–H and O–H groups in total. The molecule has 0 fully saturated rings. The van der Waals surface area contributed by atoms with Crippen LogP contribution >= 0.6 is 92.2 Å². The van der Waals surface area contributed by atoms with Gasteiger partial charge in [0.15, 0.2) is 0 Å². The van der Waals surface area contributed by atoms with E-state index < -0.39 is 51.1 Å². The third-order valence-electron chi connectivity index (χ3n) is 11.8. The highest BCUT2D eigenvalue weighted by atomic mass is 35.6. The molecule has 0 aliphatic carbocycles. The Kier molecular flexibility index (Phi) is 50.3. The van der Waals surface area contributed by atoms with E-state index >= 15 is 0 Å². The molecule has 0 radical (unpaired) electrons. The minimum Gasteiger partial charge on any atom is -0.497 e. The standard InChI is InChI=1S/C16H15Cl3O2.C12H21N2O3PS.2C10H14NO5PS.C8H10NO5PS.C5H12NO3PS2.H2S/c1-20-13-7-3-11(4-8-13)15(16(17,18)19)12-5-9-14(21-2)10-6-12;1-6-15-18(19,16-7-2)17-11-8-10(5)13-12(14-11)9(3)4;2*1-3-14-17(18,15-4-2)16-10-7-5-9(6-8-10)11(12)13;1-12-15(16,13-2)14-8-5-3-7(4-6-8)9(10)11;1-6-5(7)4-12-10(11,8-2)9-3;/h3-10,15H,1-2H3;8-9H,6-7H2,1-5H3;2*5-8H,3-4H2,1-2H3;3-6H,1-2H3;4H2,1-3H3,(H,6,7);1H2. The van der Waals surface area contributed by atoms with Crippen LogP contribution in [0.15, 0.2) is 127 Å². The number of aromatic nitrogens is 2. The SMILES string of the molecule is CCOP(=S)(OCC)Oc1cc(C)nc(C(C)C)n1.CCOP(=S)(OCC)Oc1ccc([N+](=O)[O-])cc1.CCOP(=S)(OCC)Oc1ccc([N+](=O)[O-])cc1.CNC(=O)CSP(=S)(OC)OC.COP(=S)(OC)Oc1ccc([N+](=O)[O-])cc1.COc1ccc(C(c2ccc(OC)cc2)C(Cl)(Cl)Cl)cc1.S. The number of ether oxygens (including phenoxy) is 2. The van der Waals surface area contributed by atoms with Gasteiger partial charge in [0, 0.05) is 137 Å². The summed E-state index contributed by atoms with van der Waals surface area (Å²) in [6.07, 6.45) is 0. The molecule has 0 aliphatic heterocycles. The van der Waals surface area contributed by atoms with Crippen LogP contribution in [0, 0.1) is 37.3 Å². The second-order valence-corrected chi connectivity index (χ2v) is 40.3. The number of hydrogen-bond donors (Lipinski definition) is 1. The minimum atomic E-state index is -2.82. The smallest absolute Gasteiger partial charge is 0.381 e. The van der Waals surface area contributed by atoms with Crippen molar-refractivity contribution in [1.82, 2.24) is 15.3 Å². The predicted octanol–water partition coefficient (Wildman–Crippen LogP) is 18.9. The summed E-state index contributed by atoms with van der Waals surface area (Å²) in [5, 5.41) is 33.9. The lowest BCUT2D eigenvalue weighted by Gasteiger charge is -2.25. The average molecular weight is 1760 g/mol. The Labute approximate surface area is 664 Å². The molecule has 0 bridgehead atoms.